The fourth-order valence-electron chi connectivity index (χ4n) is 1.56. The van der Waals surface area contributed by atoms with E-state index in [0.717, 1.165) is 4.88 Å². The predicted molar refractivity (Wildman–Crippen MR) is 82.0 cm³/mol. The van der Waals surface area contributed by atoms with Crippen molar-refractivity contribution in [3.05, 3.63) is 44.8 Å². The van der Waals surface area contributed by atoms with Gasteiger partial charge < -0.3 is 5.32 Å². The first kappa shape index (κ1) is 15.4. The molecule has 2 aromatic rings. The zero-order valence-corrected chi connectivity index (χ0v) is 13.7. The minimum atomic E-state index is -3.79. The molecule has 1 aromatic heterocycles. The van der Waals surface area contributed by atoms with Crippen molar-refractivity contribution in [2.24, 2.45) is 0 Å². The van der Waals surface area contributed by atoms with Gasteiger partial charge in [-0.25, -0.2) is 12.8 Å². The predicted octanol–water partition coefficient (Wildman–Crippen LogP) is 3.17. The zero-order chi connectivity index (χ0) is 14.8. The SMILES string of the molecule is CNCc1cc(S(=O)(=O)Nc2c(F)cccc2Br)cs1. The van der Waals surface area contributed by atoms with Crippen LogP contribution in [0.3, 0.4) is 0 Å². The Morgan fingerprint density at radius 2 is 2.15 bits per heavy atom. The molecule has 0 saturated carbocycles. The molecular weight excluding hydrogens is 367 g/mol. The molecule has 0 radical (unpaired) electrons. The van der Waals surface area contributed by atoms with Crippen molar-refractivity contribution >= 4 is 43.0 Å². The fraction of sp³-hybridized carbons (Fsp3) is 0.167. The van der Waals surface area contributed by atoms with Gasteiger partial charge in [0.1, 0.15) is 5.82 Å². The van der Waals surface area contributed by atoms with Gasteiger partial charge in [0.2, 0.25) is 0 Å². The van der Waals surface area contributed by atoms with Crippen molar-refractivity contribution in [1.29, 1.82) is 0 Å². The van der Waals surface area contributed by atoms with E-state index in [4.69, 9.17) is 0 Å². The van der Waals surface area contributed by atoms with Crippen LogP contribution in [-0.2, 0) is 16.6 Å². The number of halogens is 2. The molecule has 2 N–H and O–H groups in total. The number of hydrogen-bond donors (Lipinski definition) is 2. The molecule has 0 bridgehead atoms. The molecule has 8 heteroatoms. The number of hydrogen-bond acceptors (Lipinski definition) is 4. The standard InChI is InChI=1S/C12H12BrFN2O2S2/c1-15-6-8-5-9(7-19-8)20(17,18)16-12-10(13)3-2-4-11(12)14/h2-5,7,15-16H,6H2,1H3. The number of nitrogens with one attached hydrogen (secondary N) is 2. The smallest absolute Gasteiger partial charge is 0.262 e. The second-order valence-corrected chi connectivity index (χ2v) is 7.51. The summed E-state index contributed by atoms with van der Waals surface area (Å²) in [6, 6.07) is 5.83. The maximum Gasteiger partial charge on any atom is 0.262 e. The van der Waals surface area contributed by atoms with Crippen molar-refractivity contribution in [3.8, 4) is 0 Å². The van der Waals surface area contributed by atoms with E-state index in [1.165, 1.54) is 28.8 Å². The molecule has 108 valence electrons. The highest BCUT2D eigenvalue weighted by atomic mass is 79.9. The van der Waals surface area contributed by atoms with Gasteiger partial charge in [-0.3, -0.25) is 4.72 Å². The Morgan fingerprint density at radius 1 is 1.40 bits per heavy atom. The molecule has 0 saturated heterocycles. The molecule has 0 aliphatic carbocycles. The molecule has 1 aromatic carbocycles. The van der Waals surface area contributed by atoms with Crippen LogP contribution in [0.1, 0.15) is 4.88 Å². The molecule has 1 heterocycles. The lowest BCUT2D eigenvalue weighted by molar-refractivity contribution is 0.598. The lowest BCUT2D eigenvalue weighted by atomic mass is 10.3. The third-order valence-electron chi connectivity index (χ3n) is 2.49. The van der Waals surface area contributed by atoms with Gasteiger partial charge in [0.15, 0.2) is 0 Å². The minimum absolute atomic E-state index is 0.0890. The summed E-state index contributed by atoms with van der Waals surface area (Å²) in [4.78, 5) is 1.02. The molecule has 0 fully saturated rings. The molecule has 0 amide bonds. The van der Waals surface area contributed by atoms with Crippen molar-refractivity contribution < 1.29 is 12.8 Å². The lowest BCUT2D eigenvalue weighted by Gasteiger charge is -2.09. The Kier molecular flexibility index (Phi) is 4.79. The summed E-state index contributed by atoms with van der Waals surface area (Å²) >= 11 is 4.46. The van der Waals surface area contributed by atoms with Crippen LogP contribution < -0.4 is 10.0 Å². The van der Waals surface area contributed by atoms with Crippen LogP contribution in [-0.4, -0.2) is 15.5 Å². The van der Waals surface area contributed by atoms with E-state index in [1.807, 2.05) is 0 Å². The number of benzene rings is 1. The summed E-state index contributed by atoms with van der Waals surface area (Å²) in [6.45, 7) is 0.587. The highest BCUT2D eigenvalue weighted by Gasteiger charge is 2.19. The van der Waals surface area contributed by atoms with Crippen LogP contribution in [0.5, 0.6) is 0 Å². The lowest BCUT2D eigenvalue weighted by Crippen LogP contribution is -2.13. The Bertz CT molecular complexity index is 696. The van der Waals surface area contributed by atoms with Gasteiger partial charge in [-0.1, -0.05) is 6.07 Å². The van der Waals surface area contributed by atoms with E-state index in [1.54, 1.807) is 19.2 Å². The van der Waals surface area contributed by atoms with Crippen LogP contribution in [0.15, 0.2) is 39.0 Å². The van der Waals surface area contributed by atoms with Crippen molar-refractivity contribution in [2.75, 3.05) is 11.8 Å². The topological polar surface area (TPSA) is 58.2 Å². The Balaban J connectivity index is 2.31. The average Bonchev–Trinajstić information content (AvgIpc) is 2.84. The zero-order valence-electron chi connectivity index (χ0n) is 10.5. The van der Waals surface area contributed by atoms with Gasteiger partial charge in [-0.15, -0.1) is 11.3 Å². The first-order valence-electron chi connectivity index (χ1n) is 5.63. The second-order valence-electron chi connectivity index (χ2n) is 3.98. The Morgan fingerprint density at radius 3 is 2.80 bits per heavy atom. The maximum absolute atomic E-state index is 13.7. The molecule has 2 rings (SSSR count). The van der Waals surface area contributed by atoms with Crippen LogP contribution in [0.25, 0.3) is 0 Å². The first-order valence-corrected chi connectivity index (χ1v) is 8.78. The summed E-state index contributed by atoms with van der Waals surface area (Å²) in [5.74, 6) is -0.631. The van der Waals surface area contributed by atoms with E-state index in [9.17, 15) is 12.8 Å². The van der Waals surface area contributed by atoms with E-state index in [2.05, 4.69) is 26.0 Å². The molecule has 20 heavy (non-hydrogen) atoms. The average molecular weight is 379 g/mol. The van der Waals surface area contributed by atoms with Crippen LogP contribution >= 0.6 is 27.3 Å². The van der Waals surface area contributed by atoms with Gasteiger partial charge in [-0.2, -0.15) is 0 Å². The van der Waals surface area contributed by atoms with Gasteiger partial charge in [0.05, 0.1) is 10.6 Å². The number of rotatable bonds is 5. The molecular formula is C12H12BrFN2O2S2. The largest absolute Gasteiger partial charge is 0.315 e. The molecule has 0 atom stereocenters. The monoisotopic (exact) mass is 378 g/mol. The van der Waals surface area contributed by atoms with Crippen molar-refractivity contribution in [3.63, 3.8) is 0 Å². The number of anilines is 1. The Hall–Kier alpha value is -0.960. The molecule has 0 spiro atoms. The summed E-state index contributed by atoms with van der Waals surface area (Å²) < 4.78 is 40.7. The molecule has 0 aliphatic rings. The van der Waals surface area contributed by atoms with Crippen molar-refractivity contribution in [2.45, 2.75) is 11.4 Å². The quantitative estimate of drug-likeness (QED) is 0.839. The molecule has 0 unspecified atom stereocenters. The van der Waals surface area contributed by atoms with E-state index in [0.29, 0.717) is 11.0 Å². The third-order valence-corrected chi connectivity index (χ3v) is 5.57. The molecule has 0 aliphatic heterocycles. The van der Waals surface area contributed by atoms with Crippen LogP contribution in [0.2, 0.25) is 0 Å². The summed E-state index contributed by atoms with van der Waals surface area (Å²) in [7, 11) is -2.01. The van der Waals surface area contributed by atoms with E-state index >= 15 is 0 Å². The number of sulfonamides is 1. The van der Waals surface area contributed by atoms with E-state index < -0.39 is 15.8 Å². The normalized spacial score (nSPS) is 11.6. The van der Waals surface area contributed by atoms with Crippen molar-refractivity contribution in [1.82, 2.24) is 5.32 Å². The third kappa shape index (κ3) is 3.38. The first-order chi connectivity index (χ1) is 9.44. The van der Waals surface area contributed by atoms with Crippen LogP contribution in [0, 0.1) is 5.82 Å². The minimum Gasteiger partial charge on any atom is -0.315 e. The maximum atomic E-state index is 13.7. The molecule has 4 nitrogen and oxygen atoms in total. The highest BCUT2D eigenvalue weighted by Crippen LogP contribution is 2.29. The highest BCUT2D eigenvalue weighted by molar-refractivity contribution is 9.10. The van der Waals surface area contributed by atoms with Gasteiger partial charge in [-0.05, 0) is 41.2 Å². The van der Waals surface area contributed by atoms with Gasteiger partial charge in [0.25, 0.3) is 10.0 Å². The van der Waals surface area contributed by atoms with Gasteiger partial charge in [0, 0.05) is 21.3 Å². The second kappa shape index (κ2) is 6.21. The summed E-state index contributed by atoms with van der Waals surface area (Å²) in [6.07, 6.45) is 0. The van der Waals surface area contributed by atoms with Gasteiger partial charge >= 0.3 is 0 Å². The number of thiophene rings is 1. The summed E-state index contributed by atoms with van der Waals surface area (Å²) in [5.41, 5.74) is -0.0890. The van der Waals surface area contributed by atoms with E-state index in [-0.39, 0.29) is 10.6 Å². The fourth-order valence-corrected chi connectivity index (χ4v) is 4.50. The number of para-hydroxylation sites is 1. The van der Waals surface area contributed by atoms with Crippen LogP contribution in [0.4, 0.5) is 10.1 Å². The summed E-state index contributed by atoms with van der Waals surface area (Å²) in [5, 5.41) is 4.48. The Labute approximate surface area is 129 Å².